The average molecular weight is 474 g/mol. The maximum Gasteiger partial charge on any atom is 0.269 e. The molecule has 9 nitrogen and oxygen atoms in total. The molecule has 3 heterocycles. The molecule has 6 rings (SSSR count). The zero-order valence-corrected chi connectivity index (χ0v) is 18.8. The van der Waals surface area contributed by atoms with Crippen LogP contribution in [0.4, 0.5) is 17.1 Å². The van der Waals surface area contributed by atoms with Gasteiger partial charge in [-0.1, -0.05) is 42.5 Å². The van der Waals surface area contributed by atoms with E-state index in [2.05, 4.69) is 15.3 Å². The highest BCUT2D eigenvalue weighted by molar-refractivity contribution is 6.24. The van der Waals surface area contributed by atoms with E-state index in [4.69, 9.17) is 4.99 Å². The summed E-state index contributed by atoms with van der Waals surface area (Å²) in [5, 5.41) is 14.2. The fourth-order valence-electron chi connectivity index (χ4n) is 4.35. The minimum absolute atomic E-state index is 0.0750. The standard InChI is InChI=1S/C27H18N6O3/c34-26-24(21-15-20(33(35)36)11-12-22(21)30-26)25(18-5-2-1-3-6-18)29-19-9-7-17(8-10-19)23-16-32-14-4-13-28-27(32)31-23/h1-16,24H,(H,30,34). The Morgan fingerprint density at radius 2 is 1.83 bits per heavy atom. The predicted molar refractivity (Wildman–Crippen MR) is 136 cm³/mol. The molecule has 0 fully saturated rings. The molecule has 2 aromatic heterocycles. The third-order valence-corrected chi connectivity index (χ3v) is 6.07. The van der Waals surface area contributed by atoms with Gasteiger partial charge >= 0.3 is 0 Å². The third-order valence-electron chi connectivity index (χ3n) is 6.07. The van der Waals surface area contributed by atoms with E-state index in [0.717, 1.165) is 16.8 Å². The molecule has 1 atom stereocenters. The number of anilines is 1. The van der Waals surface area contributed by atoms with Crippen LogP contribution in [-0.2, 0) is 4.79 Å². The molecule has 0 saturated carbocycles. The summed E-state index contributed by atoms with van der Waals surface area (Å²) in [6.45, 7) is 0. The summed E-state index contributed by atoms with van der Waals surface area (Å²) in [4.78, 5) is 37.6. The summed E-state index contributed by atoms with van der Waals surface area (Å²) >= 11 is 0. The number of rotatable bonds is 5. The van der Waals surface area contributed by atoms with Crippen LogP contribution >= 0.6 is 0 Å². The lowest BCUT2D eigenvalue weighted by atomic mass is 9.90. The number of aliphatic imine (C=N–C) groups is 1. The van der Waals surface area contributed by atoms with E-state index in [0.29, 0.717) is 28.4 Å². The van der Waals surface area contributed by atoms with E-state index in [1.165, 1.54) is 12.1 Å². The number of benzene rings is 3. The van der Waals surface area contributed by atoms with Crippen molar-refractivity contribution in [2.75, 3.05) is 5.32 Å². The minimum atomic E-state index is -0.786. The Balaban J connectivity index is 1.42. The molecule has 174 valence electrons. The number of fused-ring (bicyclic) bond motifs is 2. The van der Waals surface area contributed by atoms with Gasteiger partial charge in [-0.2, -0.15) is 0 Å². The van der Waals surface area contributed by atoms with Gasteiger partial charge in [0.25, 0.3) is 5.69 Å². The SMILES string of the molecule is O=C1Nc2ccc([N+](=O)[O-])cc2C1C(=Nc1ccc(-c2cn3cccnc3n2)cc1)c1ccccc1. The van der Waals surface area contributed by atoms with Gasteiger partial charge in [-0.3, -0.25) is 24.3 Å². The molecule has 1 unspecified atom stereocenters. The van der Waals surface area contributed by atoms with E-state index in [9.17, 15) is 14.9 Å². The smallest absolute Gasteiger partial charge is 0.269 e. The van der Waals surface area contributed by atoms with Crippen LogP contribution in [0.15, 0.2) is 102 Å². The molecule has 0 aliphatic carbocycles. The number of nitro benzene ring substituents is 1. The van der Waals surface area contributed by atoms with Gasteiger partial charge in [0.1, 0.15) is 5.92 Å². The van der Waals surface area contributed by atoms with Gasteiger partial charge in [-0.05, 0) is 29.8 Å². The van der Waals surface area contributed by atoms with Gasteiger partial charge < -0.3 is 5.32 Å². The van der Waals surface area contributed by atoms with E-state index in [-0.39, 0.29) is 11.6 Å². The Hall–Kier alpha value is -5.18. The number of non-ortho nitro benzene ring substituents is 1. The molecule has 0 bridgehead atoms. The summed E-state index contributed by atoms with van der Waals surface area (Å²) < 4.78 is 1.85. The van der Waals surface area contributed by atoms with Gasteiger partial charge in [0.2, 0.25) is 11.7 Å². The summed E-state index contributed by atoms with van der Waals surface area (Å²) in [5.74, 6) is -0.450. The van der Waals surface area contributed by atoms with Crippen LogP contribution in [0.5, 0.6) is 0 Å². The predicted octanol–water partition coefficient (Wildman–Crippen LogP) is 5.16. The molecule has 1 aliphatic heterocycles. The normalized spacial score (nSPS) is 15.1. The number of imidazole rings is 1. The first-order chi connectivity index (χ1) is 17.6. The topological polar surface area (TPSA) is 115 Å². The lowest BCUT2D eigenvalue weighted by Crippen LogP contribution is -2.22. The number of nitro groups is 1. The summed E-state index contributed by atoms with van der Waals surface area (Å²) in [7, 11) is 0. The Labute approximate surface area is 205 Å². The Bertz CT molecular complexity index is 1630. The quantitative estimate of drug-likeness (QED) is 0.215. The summed E-state index contributed by atoms with van der Waals surface area (Å²) in [6, 6.07) is 23.1. The van der Waals surface area contributed by atoms with Crippen molar-refractivity contribution in [3.05, 3.63) is 119 Å². The molecule has 3 aromatic carbocycles. The van der Waals surface area contributed by atoms with Crippen molar-refractivity contribution in [1.82, 2.24) is 14.4 Å². The number of aromatic nitrogens is 3. The van der Waals surface area contributed by atoms with Crippen LogP contribution in [0.1, 0.15) is 17.0 Å². The highest BCUT2D eigenvalue weighted by atomic mass is 16.6. The van der Waals surface area contributed by atoms with Crippen LogP contribution in [0.3, 0.4) is 0 Å². The van der Waals surface area contributed by atoms with Crippen molar-refractivity contribution >= 4 is 34.5 Å². The number of nitrogens with one attached hydrogen (secondary N) is 1. The van der Waals surface area contributed by atoms with Crippen LogP contribution < -0.4 is 5.32 Å². The Kier molecular flexibility index (Phi) is 5.07. The van der Waals surface area contributed by atoms with Crippen LogP contribution in [-0.4, -0.2) is 30.9 Å². The van der Waals surface area contributed by atoms with Gasteiger partial charge in [-0.15, -0.1) is 0 Å². The number of nitrogens with zero attached hydrogens (tertiary/aromatic N) is 5. The molecule has 0 radical (unpaired) electrons. The second kappa shape index (κ2) is 8.55. The van der Waals surface area contributed by atoms with Gasteiger partial charge in [0.15, 0.2) is 0 Å². The molecule has 0 saturated heterocycles. The number of amides is 1. The number of carbonyl (C=O) groups excluding carboxylic acids is 1. The van der Waals surface area contributed by atoms with Crippen molar-refractivity contribution in [3.63, 3.8) is 0 Å². The van der Waals surface area contributed by atoms with Crippen molar-refractivity contribution in [1.29, 1.82) is 0 Å². The third kappa shape index (κ3) is 3.78. The number of hydrogen-bond acceptors (Lipinski definition) is 6. The summed E-state index contributed by atoms with van der Waals surface area (Å²) in [6.07, 6.45) is 5.49. The fraction of sp³-hybridized carbons (Fsp3) is 0.0370. The molecule has 1 N–H and O–H groups in total. The maximum absolute atomic E-state index is 13.1. The molecule has 1 amide bonds. The van der Waals surface area contributed by atoms with E-state index in [1.54, 1.807) is 12.3 Å². The molecule has 9 heteroatoms. The van der Waals surface area contributed by atoms with Gasteiger partial charge in [0, 0.05) is 47.5 Å². The maximum atomic E-state index is 13.1. The van der Waals surface area contributed by atoms with E-state index < -0.39 is 10.8 Å². The molecular weight excluding hydrogens is 456 g/mol. The van der Waals surface area contributed by atoms with E-state index in [1.807, 2.05) is 77.5 Å². The molecule has 5 aromatic rings. The van der Waals surface area contributed by atoms with Crippen molar-refractivity contribution in [2.24, 2.45) is 4.99 Å². The first-order valence-corrected chi connectivity index (χ1v) is 11.2. The molecular formula is C27H18N6O3. The van der Waals surface area contributed by atoms with Crippen molar-refractivity contribution < 1.29 is 9.72 Å². The molecule has 0 spiro atoms. The first kappa shape index (κ1) is 21.4. The van der Waals surface area contributed by atoms with Crippen LogP contribution in [0.25, 0.3) is 17.0 Å². The zero-order chi connectivity index (χ0) is 24.6. The second-order valence-corrected chi connectivity index (χ2v) is 8.31. The largest absolute Gasteiger partial charge is 0.325 e. The minimum Gasteiger partial charge on any atom is -0.325 e. The van der Waals surface area contributed by atoms with Crippen LogP contribution in [0, 0.1) is 10.1 Å². The fourth-order valence-corrected chi connectivity index (χ4v) is 4.35. The highest BCUT2D eigenvalue weighted by Crippen LogP contribution is 2.38. The van der Waals surface area contributed by atoms with Crippen molar-refractivity contribution in [3.8, 4) is 11.3 Å². The number of hydrogen-bond donors (Lipinski definition) is 1. The Morgan fingerprint density at radius 3 is 2.58 bits per heavy atom. The molecule has 1 aliphatic rings. The zero-order valence-electron chi connectivity index (χ0n) is 18.8. The van der Waals surface area contributed by atoms with Crippen LogP contribution in [0.2, 0.25) is 0 Å². The monoisotopic (exact) mass is 474 g/mol. The van der Waals surface area contributed by atoms with Gasteiger partial charge in [0.05, 0.1) is 22.0 Å². The summed E-state index contributed by atoms with van der Waals surface area (Å²) in [5.41, 5.74) is 4.61. The number of carbonyl (C=O) groups is 1. The van der Waals surface area contributed by atoms with Gasteiger partial charge in [-0.25, -0.2) is 9.97 Å². The highest BCUT2D eigenvalue weighted by Gasteiger charge is 2.36. The van der Waals surface area contributed by atoms with E-state index >= 15 is 0 Å². The lowest BCUT2D eigenvalue weighted by Gasteiger charge is -2.14. The first-order valence-electron chi connectivity index (χ1n) is 11.2. The average Bonchev–Trinajstić information content (AvgIpc) is 3.48. The van der Waals surface area contributed by atoms with Crippen molar-refractivity contribution in [2.45, 2.75) is 5.92 Å². The lowest BCUT2D eigenvalue weighted by molar-refractivity contribution is -0.384. The Morgan fingerprint density at radius 1 is 1.03 bits per heavy atom. The second-order valence-electron chi connectivity index (χ2n) is 8.31. The molecule has 36 heavy (non-hydrogen) atoms.